The highest BCUT2D eigenvalue weighted by Gasteiger charge is 2.39. The first kappa shape index (κ1) is 15.6. The van der Waals surface area contributed by atoms with Crippen LogP contribution in [0.3, 0.4) is 0 Å². The SMILES string of the molecule is O=C(O)C1(Cc2ccc(OC(F)(F)F)cc2)CCCNC1. The molecule has 1 unspecified atom stereocenters. The van der Waals surface area contributed by atoms with E-state index in [2.05, 4.69) is 10.1 Å². The molecule has 0 amide bonds. The standard InChI is InChI=1S/C14H16F3NO3/c15-14(16,17)21-11-4-2-10(3-5-11)8-13(12(19)20)6-1-7-18-9-13/h2-5,18H,1,6-9H2,(H,19,20). The number of alkyl halides is 3. The lowest BCUT2D eigenvalue weighted by molar-refractivity contribution is -0.274. The predicted octanol–water partition coefficient (Wildman–Crippen LogP) is 2.58. The van der Waals surface area contributed by atoms with Gasteiger partial charge in [-0.2, -0.15) is 0 Å². The molecule has 116 valence electrons. The van der Waals surface area contributed by atoms with E-state index in [1.165, 1.54) is 24.3 Å². The van der Waals surface area contributed by atoms with Crippen LogP contribution in [-0.4, -0.2) is 30.5 Å². The molecule has 0 bridgehead atoms. The third-order valence-electron chi connectivity index (χ3n) is 3.63. The Morgan fingerprint density at radius 2 is 2.00 bits per heavy atom. The first-order chi connectivity index (χ1) is 9.81. The fraction of sp³-hybridized carbons (Fsp3) is 0.500. The van der Waals surface area contributed by atoms with Gasteiger partial charge in [0.15, 0.2) is 0 Å². The second-order valence-corrected chi connectivity index (χ2v) is 5.23. The van der Waals surface area contributed by atoms with E-state index in [0.717, 1.165) is 13.0 Å². The third kappa shape index (κ3) is 4.10. The molecule has 7 heteroatoms. The number of carboxylic acids is 1. The number of benzene rings is 1. The number of hydrogen-bond donors (Lipinski definition) is 2. The molecule has 1 aliphatic rings. The quantitative estimate of drug-likeness (QED) is 0.897. The van der Waals surface area contributed by atoms with Crippen LogP contribution in [0.15, 0.2) is 24.3 Å². The Morgan fingerprint density at radius 3 is 2.48 bits per heavy atom. The minimum absolute atomic E-state index is 0.279. The summed E-state index contributed by atoms with van der Waals surface area (Å²) in [6.07, 6.45) is -3.13. The summed E-state index contributed by atoms with van der Waals surface area (Å²) in [5.41, 5.74) is -0.222. The highest BCUT2D eigenvalue weighted by molar-refractivity contribution is 5.75. The predicted molar refractivity (Wildman–Crippen MR) is 69.0 cm³/mol. The van der Waals surface area contributed by atoms with Crippen molar-refractivity contribution in [3.05, 3.63) is 29.8 Å². The van der Waals surface area contributed by atoms with E-state index in [1.807, 2.05) is 0 Å². The number of hydrogen-bond acceptors (Lipinski definition) is 3. The van der Waals surface area contributed by atoms with Crippen molar-refractivity contribution in [1.29, 1.82) is 0 Å². The molecule has 1 heterocycles. The van der Waals surface area contributed by atoms with Gasteiger partial charge in [-0.3, -0.25) is 4.79 Å². The molecule has 4 nitrogen and oxygen atoms in total. The van der Waals surface area contributed by atoms with Crippen LogP contribution >= 0.6 is 0 Å². The summed E-state index contributed by atoms with van der Waals surface area (Å²) in [7, 11) is 0. The Bertz CT molecular complexity index is 493. The van der Waals surface area contributed by atoms with Gasteiger partial charge in [0, 0.05) is 6.54 Å². The van der Waals surface area contributed by atoms with E-state index in [9.17, 15) is 23.1 Å². The van der Waals surface area contributed by atoms with Crippen molar-refractivity contribution in [2.75, 3.05) is 13.1 Å². The monoisotopic (exact) mass is 303 g/mol. The van der Waals surface area contributed by atoms with E-state index in [4.69, 9.17) is 0 Å². The first-order valence-corrected chi connectivity index (χ1v) is 6.60. The molecule has 1 aromatic carbocycles. The van der Waals surface area contributed by atoms with Gasteiger partial charge in [-0.25, -0.2) is 0 Å². The molecule has 0 spiro atoms. The van der Waals surface area contributed by atoms with E-state index < -0.39 is 17.7 Å². The molecule has 1 fully saturated rings. The van der Waals surface area contributed by atoms with Crippen molar-refractivity contribution in [3.63, 3.8) is 0 Å². The number of carboxylic acid groups (broad SMARTS) is 1. The molecule has 21 heavy (non-hydrogen) atoms. The lowest BCUT2D eigenvalue weighted by Gasteiger charge is -2.33. The van der Waals surface area contributed by atoms with Crippen LogP contribution in [0.25, 0.3) is 0 Å². The molecular weight excluding hydrogens is 287 g/mol. The van der Waals surface area contributed by atoms with Crippen LogP contribution in [0.5, 0.6) is 5.75 Å². The minimum atomic E-state index is -4.73. The normalized spacial score (nSPS) is 22.8. The topological polar surface area (TPSA) is 58.6 Å². The van der Waals surface area contributed by atoms with Crippen LogP contribution in [0.2, 0.25) is 0 Å². The van der Waals surface area contributed by atoms with Gasteiger partial charge in [-0.05, 0) is 43.5 Å². The molecule has 0 aliphatic carbocycles. The average molecular weight is 303 g/mol. The van der Waals surface area contributed by atoms with Gasteiger partial charge in [-0.1, -0.05) is 12.1 Å². The van der Waals surface area contributed by atoms with Gasteiger partial charge in [0.1, 0.15) is 5.75 Å². The maximum Gasteiger partial charge on any atom is 0.573 e. The molecule has 0 aromatic heterocycles. The molecule has 1 aliphatic heterocycles. The van der Waals surface area contributed by atoms with Gasteiger partial charge in [-0.15, -0.1) is 13.2 Å². The van der Waals surface area contributed by atoms with Crippen molar-refractivity contribution in [1.82, 2.24) is 5.32 Å². The summed E-state index contributed by atoms with van der Waals surface area (Å²) in [6.45, 7) is 1.15. The zero-order valence-corrected chi connectivity index (χ0v) is 11.2. The van der Waals surface area contributed by atoms with Gasteiger partial charge in [0.25, 0.3) is 0 Å². The third-order valence-corrected chi connectivity index (χ3v) is 3.63. The highest BCUT2D eigenvalue weighted by atomic mass is 19.4. The average Bonchev–Trinajstić information content (AvgIpc) is 2.40. The molecule has 0 radical (unpaired) electrons. The van der Waals surface area contributed by atoms with Gasteiger partial charge >= 0.3 is 12.3 Å². The van der Waals surface area contributed by atoms with Crippen LogP contribution < -0.4 is 10.1 Å². The summed E-state index contributed by atoms with van der Waals surface area (Å²) < 4.78 is 40.0. The van der Waals surface area contributed by atoms with Crippen molar-refractivity contribution >= 4 is 5.97 Å². The van der Waals surface area contributed by atoms with Crippen molar-refractivity contribution in [2.45, 2.75) is 25.6 Å². The Kier molecular flexibility index (Phi) is 4.41. The highest BCUT2D eigenvalue weighted by Crippen LogP contribution is 2.32. The van der Waals surface area contributed by atoms with Crippen molar-refractivity contribution < 1.29 is 27.8 Å². The van der Waals surface area contributed by atoms with Crippen LogP contribution in [0.1, 0.15) is 18.4 Å². The van der Waals surface area contributed by atoms with E-state index in [0.29, 0.717) is 18.5 Å². The number of halogens is 3. The maximum absolute atomic E-state index is 12.1. The summed E-state index contributed by atoms with van der Waals surface area (Å²) >= 11 is 0. The summed E-state index contributed by atoms with van der Waals surface area (Å²) in [6, 6.07) is 5.35. The number of ether oxygens (including phenoxy) is 1. The first-order valence-electron chi connectivity index (χ1n) is 6.60. The fourth-order valence-electron chi connectivity index (χ4n) is 2.58. The molecular formula is C14H16F3NO3. The van der Waals surface area contributed by atoms with E-state index in [1.54, 1.807) is 0 Å². The van der Waals surface area contributed by atoms with Crippen LogP contribution in [0, 0.1) is 5.41 Å². The van der Waals surface area contributed by atoms with Crippen molar-refractivity contribution in [2.24, 2.45) is 5.41 Å². The Balaban J connectivity index is 2.09. The second-order valence-electron chi connectivity index (χ2n) is 5.23. The van der Waals surface area contributed by atoms with E-state index >= 15 is 0 Å². The Hall–Kier alpha value is -1.76. The number of carbonyl (C=O) groups is 1. The smallest absolute Gasteiger partial charge is 0.481 e. The largest absolute Gasteiger partial charge is 0.573 e. The van der Waals surface area contributed by atoms with Gasteiger partial charge in [0.05, 0.1) is 5.41 Å². The van der Waals surface area contributed by atoms with Crippen LogP contribution in [-0.2, 0) is 11.2 Å². The van der Waals surface area contributed by atoms with E-state index in [-0.39, 0.29) is 12.2 Å². The Labute approximate surface area is 119 Å². The fourth-order valence-corrected chi connectivity index (χ4v) is 2.58. The Morgan fingerprint density at radius 1 is 1.33 bits per heavy atom. The zero-order chi connectivity index (χ0) is 15.5. The minimum Gasteiger partial charge on any atom is -0.481 e. The molecule has 1 atom stereocenters. The van der Waals surface area contributed by atoms with Crippen molar-refractivity contribution in [3.8, 4) is 5.75 Å². The van der Waals surface area contributed by atoms with Gasteiger partial charge in [0.2, 0.25) is 0 Å². The van der Waals surface area contributed by atoms with Crippen LogP contribution in [0.4, 0.5) is 13.2 Å². The number of rotatable bonds is 4. The van der Waals surface area contributed by atoms with Gasteiger partial charge < -0.3 is 15.2 Å². The summed E-state index contributed by atoms with van der Waals surface area (Å²) in [4.78, 5) is 11.5. The molecule has 2 N–H and O–H groups in total. The molecule has 0 saturated carbocycles. The lowest BCUT2D eigenvalue weighted by atomic mass is 9.76. The number of nitrogens with one attached hydrogen (secondary N) is 1. The second kappa shape index (κ2) is 5.93. The molecule has 1 saturated heterocycles. The summed E-state index contributed by atoms with van der Waals surface area (Å²) in [5, 5.41) is 12.5. The zero-order valence-electron chi connectivity index (χ0n) is 11.2. The number of aliphatic carboxylic acids is 1. The maximum atomic E-state index is 12.1. The molecule has 1 aromatic rings. The number of piperidine rings is 1. The molecule has 2 rings (SSSR count). The lowest BCUT2D eigenvalue weighted by Crippen LogP contribution is -2.47. The summed E-state index contributed by atoms with van der Waals surface area (Å²) in [5.74, 6) is -1.19.